The maximum Gasteiger partial charge on any atom is 0.416 e. The summed E-state index contributed by atoms with van der Waals surface area (Å²) in [6.07, 6.45) is -0.152. The summed E-state index contributed by atoms with van der Waals surface area (Å²) in [6, 6.07) is 16.4. The molecule has 5 rings (SSSR count). The molecule has 0 spiro atoms. The zero-order chi connectivity index (χ0) is 29.1. The Labute approximate surface area is 236 Å². The highest BCUT2D eigenvalue weighted by molar-refractivity contribution is 6.01. The number of fused-ring (bicyclic) bond motifs is 1. The highest BCUT2D eigenvalue weighted by Crippen LogP contribution is 2.44. The summed E-state index contributed by atoms with van der Waals surface area (Å²) in [6.45, 7) is 2.05. The minimum absolute atomic E-state index is 0.172. The van der Waals surface area contributed by atoms with E-state index in [0.717, 1.165) is 65.2 Å². The van der Waals surface area contributed by atoms with Gasteiger partial charge in [-0.25, -0.2) is 4.79 Å². The topological polar surface area (TPSA) is 49.8 Å². The van der Waals surface area contributed by atoms with E-state index in [-0.39, 0.29) is 12.2 Å². The number of allylic oxidation sites excluding steroid dienone is 1. The maximum atomic E-state index is 13.8. The largest absolute Gasteiger partial charge is 0.496 e. The number of halogens is 4. The fraction of sp³-hybridized carbons (Fsp3) is 0.303. The molecule has 0 bridgehead atoms. The lowest BCUT2D eigenvalue weighted by molar-refractivity contribution is -0.137. The standard InChI is InChI=1S/C33H31F4NO3/c1-41-30-13-11-26(33(35,36)37)18-29(30)28-5-2-4-24-17-25(32(39)40)10-12-27(24)31(28)23-8-6-21(7-9-23)16-22-19-38(20-22)15-3-14-34/h6-13,16-18H,2-5,14-15,19-20H2,1H3,(H,39,40). The lowest BCUT2D eigenvalue weighted by Crippen LogP contribution is -2.40. The van der Waals surface area contributed by atoms with Gasteiger partial charge in [0, 0.05) is 25.2 Å². The normalized spacial score (nSPS) is 15.7. The SMILES string of the molecule is COc1ccc(C(F)(F)F)cc1C1=C(c2ccc(C=C3CN(CCCF)C3)cc2)c2ccc(C(=O)O)cc2CCC1. The van der Waals surface area contributed by atoms with Crippen LogP contribution in [-0.4, -0.2) is 49.4 Å². The summed E-state index contributed by atoms with van der Waals surface area (Å²) in [5, 5.41) is 9.57. The molecule has 8 heteroatoms. The Hall–Kier alpha value is -3.91. The van der Waals surface area contributed by atoms with Gasteiger partial charge in [0.1, 0.15) is 5.75 Å². The van der Waals surface area contributed by atoms with Gasteiger partial charge in [-0.15, -0.1) is 0 Å². The van der Waals surface area contributed by atoms with Crippen molar-refractivity contribution >= 4 is 23.2 Å². The summed E-state index contributed by atoms with van der Waals surface area (Å²) >= 11 is 0. The number of carbonyl (C=O) groups is 1. The van der Waals surface area contributed by atoms with E-state index >= 15 is 0 Å². The van der Waals surface area contributed by atoms with Gasteiger partial charge in [-0.2, -0.15) is 13.2 Å². The molecule has 0 aromatic heterocycles. The number of carboxylic acids is 1. The van der Waals surface area contributed by atoms with Gasteiger partial charge in [0.05, 0.1) is 24.9 Å². The number of methoxy groups -OCH3 is 1. The van der Waals surface area contributed by atoms with Gasteiger partial charge < -0.3 is 9.84 Å². The van der Waals surface area contributed by atoms with E-state index in [0.29, 0.717) is 37.0 Å². The lowest BCUT2D eigenvalue weighted by atomic mass is 9.86. The highest BCUT2D eigenvalue weighted by atomic mass is 19.4. The van der Waals surface area contributed by atoms with Gasteiger partial charge in [-0.05, 0) is 95.0 Å². The van der Waals surface area contributed by atoms with Crippen LogP contribution in [0.2, 0.25) is 0 Å². The molecular formula is C33H31F4NO3. The van der Waals surface area contributed by atoms with Crippen LogP contribution in [0.4, 0.5) is 17.6 Å². The van der Waals surface area contributed by atoms with Crippen molar-refractivity contribution in [3.05, 3.63) is 105 Å². The van der Waals surface area contributed by atoms with E-state index in [1.165, 1.54) is 24.8 Å². The molecule has 3 aromatic rings. The Morgan fingerprint density at radius 1 is 1.00 bits per heavy atom. The number of alkyl halides is 4. The molecule has 1 aliphatic carbocycles. The fourth-order valence-electron chi connectivity index (χ4n) is 5.68. The molecule has 3 aromatic carbocycles. The van der Waals surface area contributed by atoms with Crippen LogP contribution in [0.1, 0.15) is 63.0 Å². The van der Waals surface area contributed by atoms with Crippen molar-refractivity contribution in [3.63, 3.8) is 0 Å². The highest BCUT2D eigenvalue weighted by Gasteiger charge is 2.32. The molecular weight excluding hydrogens is 534 g/mol. The van der Waals surface area contributed by atoms with Crippen LogP contribution in [0, 0.1) is 0 Å². The number of ether oxygens (including phenoxy) is 1. The summed E-state index contributed by atoms with van der Waals surface area (Å²) in [4.78, 5) is 13.9. The Kier molecular flexibility index (Phi) is 8.31. The number of likely N-dealkylation sites (tertiary alicyclic amines) is 1. The third-order valence-corrected chi connectivity index (χ3v) is 7.68. The van der Waals surface area contributed by atoms with Crippen LogP contribution in [0.5, 0.6) is 5.75 Å². The van der Waals surface area contributed by atoms with Gasteiger partial charge in [-0.1, -0.05) is 36.4 Å². The smallest absolute Gasteiger partial charge is 0.416 e. The first-order valence-corrected chi connectivity index (χ1v) is 13.6. The van der Waals surface area contributed by atoms with Crippen molar-refractivity contribution < 1.29 is 32.2 Å². The summed E-state index contributed by atoms with van der Waals surface area (Å²) in [5.74, 6) is -0.682. The summed E-state index contributed by atoms with van der Waals surface area (Å²) < 4.78 is 59.3. The monoisotopic (exact) mass is 565 g/mol. The van der Waals surface area contributed by atoms with E-state index in [9.17, 15) is 27.5 Å². The van der Waals surface area contributed by atoms with Crippen LogP contribution >= 0.6 is 0 Å². The lowest BCUT2D eigenvalue weighted by Gasteiger charge is -2.33. The van der Waals surface area contributed by atoms with Crippen molar-refractivity contribution in [2.75, 3.05) is 33.4 Å². The third kappa shape index (κ3) is 6.22. The molecule has 0 saturated carbocycles. The molecule has 1 N–H and O–H groups in total. The first kappa shape index (κ1) is 28.6. The van der Waals surface area contributed by atoms with Crippen molar-refractivity contribution in [2.45, 2.75) is 31.9 Å². The molecule has 1 aliphatic heterocycles. The molecule has 214 valence electrons. The summed E-state index contributed by atoms with van der Waals surface area (Å²) in [7, 11) is 1.44. The zero-order valence-electron chi connectivity index (χ0n) is 22.7. The fourth-order valence-corrected chi connectivity index (χ4v) is 5.68. The van der Waals surface area contributed by atoms with Crippen molar-refractivity contribution in [1.29, 1.82) is 0 Å². The number of benzene rings is 3. The Balaban J connectivity index is 1.62. The predicted octanol–water partition coefficient (Wildman–Crippen LogP) is 7.77. The van der Waals surface area contributed by atoms with Gasteiger partial charge in [-0.3, -0.25) is 9.29 Å². The Morgan fingerprint density at radius 2 is 1.76 bits per heavy atom. The number of aryl methyl sites for hydroxylation is 1. The Morgan fingerprint density at radius 3 is 2.41 bits per heavy atom. The Bertz CT molecular complexity index is 1500. The van der Waals surface area contributed by atoms with Crippen molar-refractivity contribution in [2.24, 2.45) is 0 Å². The molecule has 4 nitrogen and oxygen atoms in total. The van der Waals surface area contributed by atoms with Crippen LogP contribution in [0.15, 0.2) is 66.2 Å². The van der Waals surface area contributed by atoms with E-state index < -0.39 is 17.7 Å². The van der Waals surface area contributed by atoms with E-state index in [1.807, 2.05) is 24.3 Å². The molecule has 1 saturated heterocycles. The molecule has 0 radical (unpaired) electrons. The molecule has 0 amide bonds. The number of hydrogen-bond acceptors (Lipinski definition) is 3. The van der Waals surface area contributed by atoms with Crippen LogP contribution in [-0.2, 0) is 12.6 Å². The van der Waals surface area contributed by atoms with Crippen LogP contribution in [0.25, 0.3) is 17.2 Å². The zero-order valence-corrected chi connectivity index (χ0v) is 22.7. The molecule has 2 aliphatic rings. The summed E-state index contributed by atoms with van der Waals surface area (Å²) in [5.41, 5.74) is 6.02. The second-order valence-electron chi connectivity index (χ2n) is 10.5. The van der Waals surface area contributed by atoms with E-state index in [1.54, 1.807) is 12.1 Å². The van der Waals surface area contributed by atoms with Crippen LogP contribution < -0.4 is 4.74 Å². The molecule has 1 fully saturated rings. The number of hydrogen-bond donors (Lipinski definition) is 1. The number of aromatic carboxylic acids is 1. The first-order valence-electron chi connectivity index (χ1n) is 13.6. The van der Waals surface area contributed by atoms with Crippen LogP contribution in [0.3, 0.4) is 0 Å². The molecule has 41 heavy (non-hydrogen) atoms. The minimum atomic E-state index is -4.51. The maximum absolute atomic E-state index is 13.8. The third-order valence-electron chi connectivity index (χ3n) is 7.68. The van der Waals surface area contributed by atoms with E-state index in [4.69, 9.17) is 4.74 Å². The van der Waals surface area contributed by atoms with Crippen molar-refractivity contribution in [3.8, 4) is 5.75 Å². The quantitative estimate of drug-likeness (QED) is 0.284. The molecule has 0 atom stereocenters. The minimum Gasteiger partial charge on any atom is -0.496 e. The van der Waals surface area contributed by atoms with Gasteiger partial charge in [0.2, 0.25) is 0 Å². The second kappa shape index (κ2) is 11.9. The number of nitrogens with zero attached hydrogens (tertiary/aromatic N) is 1. The van der Waals surface area contributed by atoms with E-state index in [2.05, 4.69) is 11.0 Å². The number of rotatable bonds is 8. The van der Waals surface area contributed by atoms with Gasteiger partial charge >= 0.3 is 12.1 Å². The molecule has 1 heterocycles. The first-order chi connectivity index (χ1) is 19.7. The van der Waals surface area contributed by atoms with Gasteiger partial charge in [0.15, 0.2) is 0 Å². The van der Waals surface area contributed by atoms with Gasteiger partial charge in [0.25, 0.3) is 0 Å². The van der Waals surface area contributed by atoms with Crippen molar-refractivity contribution in [1.82, 2.24) is 4.90 Å². The predicted molar refractivity (Wildman–Crippen MR) is 152 cm³/mol. The number of carboxylic acid groups (broad SMARTS) is 1. The average Bonchev–Trinajstić information content (AvgIpc) is 3.12. The average molecular weight is 566 g/mol. The second-order valence-corrected chi connectivity index (χ2v) is 10.5. The molecule has 0 unspecified atom stereocenters.